The van der Waals surface area contributed by atoms with E-state index in [1.54, 1.807) is 24.3 Å². The summed E-state index contributed by atoms with van der Waals surface area (Å²) in [4.78, 5) is 36.9. The highest BCUT2D eigenvalue weighted by atomic mass is 35.5. The van der Waals surface area contributed by atoms with Gasteiger partial charge in [-0.1, -0.05) is 41.9 Å². The largest absolute Gasteiger partial charge is 0.456 e. The number of carbonyl (C=O) groups is 3. The number of nitrogens with zero attached hydrogens (tertiary/aromatic N) is 2. The maximum absolute atomic E-state index is 13.7. The second kappa shape index (κ2) is 10.4. The molecule has 8 nitrogen and oxygen atoms in total. The molecule has 1 aromatic heterocycles. The Morgan fingerprint density at radius 1 is 0.972 bits per heavy atom. The molecule has 0 bridgehead atoms. The fourth-order valence-electron chi connectivity index (χ4n) is 3.21. The molecule has 0 spiro atoms. The van der Waals surface area contributed by atoms with E-state index in [-0.39, 0.29) is 34.3 Å². The summed E-state index contributed by atoms with van der Waals surface area (Å²) in [6.07, 6.45) is 0. The van der Waals surface area contributed by atoms with Gasteiger partial charge in [0, 0.05) is 11.6 Å². The molecule has 0 unspecified atom stereocenters. The molecule has 0 saturated carbocycles. The minimum Gasteiger partial charge on any atom is -0.456 e. The molecule has 4 rings (SSSR count). The van der Waals surface area contributed by atoms with Crippen LogP contribution >= 0.6 is 11.6 Å². The molecule has 2 amide bonds. The number of hydrogen-bond donors (Lipinski definition) is 2. The summed E-state index contributed by atoms with van der Waals surface area (Å²) in [6, 6.07) is 17.4. The SMILES string of the molecule is NC(=O)c1ccc(-n2nc(C(=O)OCc3ccccc3)cc2NC(=O)c2cc(F)c(F)cc2Cl)cc1. The van der Waals surface area contributed by atoms with E-state index >= 15 is 0 Å². The fraction of sp³-hybridized carbons (Fsp3) is 0.0400. The summed E-state index contributed by atoms with van der Waals surface area (Å²) < 4.78 is 33.6. The number of anilines is 1. The predicted octanol–water partition coefficient (Wildman–Crippen LogP) is 4.51. The minimum atomic E-state index is -1.26. The summed E-state index contributed by atoms with van der Waals surface area (Å²) in [6.45, 7) is -0.00794. The Morgan fingerprint density at radius 2 is 1.64 bits per heavy atom. The Bertz CT molecular complexity index is 1460. The third-order valence-electron chi connectivity index (χ3n) is 5.02. The van der Waals surface area contributed by atoms with E-state index in [9.17, 15) is 23.2 Å². The number of rotatable bonds is 7. The van der Waals surface area contributed by atoms with Crippen molar-refractivity contribution in [3.63, 3.8) is 0 Å². The van der Waals surface area contributed by atoms with Gasteiger partial charge in [-0.25, -0.2) is 18.3 Å². The zero-order valence-corrected chi connectivity index (χ0v) is 19.1. The van der Waals surface area contributed by atoms with E-state index in [0.717, 1.165) is 5.56 Å². The van der Waals surface area contributed by atoms with Gasteiger partial charge in [0.15, 0.2) is 17.3 Å². The first-order valence-electron chi connectivity index (χ1n) is 10.4. The highest BCUT2D eigenvalue weighted by molar-refractivity contribution is 6.34. The molecule has 0 aliphatic rings. The van der Waals surface area contributed by atoms with E-state index in [2.05, 4.69) is 10.4 Å². The zero-order valence-electron chi connectivity index (χ0n) is 18.4. The van der Waals surface area contributed by atoms with Crippen molar-refractivity contribution in [2.24, 2.45) is 5.73 Å². The van der Waals surface area contributed by atoms with Crippen molar-refractivity contribution in [3.05, 3.63) is 112 Å². The van der Waals surface area contributed by atoms with Crippen LogP contribution in [0.25, 0.3) is 5.69 Å². The molecule has 0 saturated heterocycles. The number of benzene rings is 3. The van der Waals surface area contributed by atoms with Gasteiger partial charge >= 0.3 is 5.97 Å². The number of nitrogens with one attached hydrogen (secondary N) is 1. The molecule has 0 aliphatic heterocycles. The maximum atomic E-state index is 13.7. The normalized spacial score (nSPS) is 10.6. The quantitative estimate of drug-likeness (QED) is 0.280. The third-order valence-corrected chi connectivity index (χ3v) is 5.34. The van der Waals surface area contributed by atoms with Crippen molar-refractivity contribution in [3.8, 4) is 5.69 Å². The van der Waals surface area contributed by atoms with Crippen molar-refractivity contribution in [1.29, 1.82) is 0 Å². The fourth-order valence-corrected chi connectivity index (χ4v) is 3.45. The number of halogens is 3. The molecule has 4 aromatic rings. The molecule has 0 fully saturated rings. The van der Waals surface area contributed by atoms with Crippen LogP contribution in [0.15, 0.2) is 72.8 Å². The number of aromatic nitrogens is 2. The summed E-state index contributed by atoms with van der Waals surface area (Å²) in [5, 5.41) is 6.39. The van der Waals surface area contributed by atoms with Crippen LogP contribution in [0.2, 0.25) is 5.02 Å². The molecule has 182 valence electrons. The van der Waals surface area contributed by atoms with Crippen molar-refractivity contribution in [1.82, 2.24) is 9.78 Å². The number of amides is 2. The summed E-state index contributed by atoms with van der Waals surface area (Å²) in [5.74, 6) is -4.76. The number of hydrogen-bond acceptors (Lipinski definition) is 5. The van der Waals surface area contributed by atoms with Gasteiger partial charge in [-0.15, -0.1) is 0 Å². The van der Waals surface area contributed by atoms with E-state index in [4.69, 9.17) is 22.1 Å². The second-order valence-electron chi connectivity index (χ2n) is 7.50. The molecule has 3 aromatic carbocycles. The van der Waals surface area contributed by atoms with Crippen LogP contribution < -0.4 is 11.1 Å². The predicted molar refractivity (Wildman–Crippen MR) is 127 cm³/mol. The van der Waals surface area contributed by atoms with Gasteiger partial charge in [0.05, 0.1) is 16.3 Å². The van der Waals surface area contributed by atoms with Crippen LogP contribution in [-0.4, -0.2) is 27.6 Å². The molecular weight excluding hydrogens is 494 g/mol. The average Bonchev–Trinajstić information content (AvgIpc) is 3.29. The van der Waals surface area contributed by atoms with Crippen LogP contribution in [0, 0.1) is 11.6 Å². The second-order valence-corrected chi connectivity index (χ2v) is 7.91. The van der Waals surface area contributed by atoms with Gasteiger partial charge in [-0.2, -0.15) is 5.10 Å². The monoisotopic (exact) mass is 510 g/mol. The zero-order chi connectivity index (χ0) is 25.8. The number of carbonyl (C=O) groups excluding carboxylic acids is 3. The number of primary amides is 1. The Kier molecular flexibility index (Phi) is 7.07. The summed E-state index contributed by atoms with van der Waals surface area (Å²) >= 11 is 5.91. The van der Waals surface area contributed by atoms with Crippen molar-refractivity contribution in [2.75, 3.05) is 5.32 Å². The summed E-state index contributed by atoms with van der Waals surface area (Å²) in [7, 11) is 0. The van der Waals surface area contributed by atoms with Crippen molar-refractivity contribution >= 4 is 35.2 Å². The number of nitrogens with two attached hydrogens (primary N) is 1. The lowest BCUT2D eigenvalue weighted by atomic mass is 10.2. The standard InChI is InChI=1S/C25H17ClF2N4O4/c26-18-11-20(28)19(27)10-17(18)24(34)30-22-12-21(25(35)36-13-14-4-2-1-3-5-14)31-32(22)16-8-6-15(7-9-16)23(29)33/h1-12H,13H2,(H2,29,33)(H,30,34). The van der Waals surface area contributed by atoms with Gasteiger partial charge < -0.3 is 15.8 Å². The highest BCUT2D eigenvalue weighted by Gasteiger charge is 2.21. The van der Waals surface area contributed by atoms with Crippen LogP contribution in [-0.2, 0) is 11.3 Å². The van der Waals surface area contributed by atoms with Crippen LogP contribution in [0.3, 0.4) is 0 Å². The van der Waals surface area contributed by atoms with Crippen LogP contribution in [0.1, 0.15) is 36.8 Å². The molecule has 1 heterocycles. The Labute approximate surface area is 208 Å². The average molecular weight is 511 g/mol. The van der Waals surface area contributed by atoms with E-state index in [1.165, 1.54) is 35.0 Å². The lowest BCUT2D eigenvalue weighted by molar-refractivity contribution is 0.0465. The molecule has 0 aliphatic carbocycles. The van der Waals surface area contributed by atoms with Gasteiger partial charge in [0.25, 0.3) is 5.91 Å². The Morgan fingerprint density at radius 3 is 2.31 bits per heavy atom. The van der Waals surface area contributed by atoms with Crippen molar-refractivity contribution in [2.45, 2.75) is 6.61 Å². The molecule has 11 heteroatoms. The smallest absolute Gasteiger partial charge is 0.359 e. The molecule has 0 radical (unpaired) electrons. The Balaban J connectivity index is 1.66. The van der Waals surface area contributed by atoms with E-state index in [0.29, 0.717) is 17.8 Å². The topological polar surface area (TPSA) is 116 Å². The third kappa shape index (κ3) is 5.39. The maximum Gasteiger partial charge on any atom is 0.359 e. The van der Waals surface area contributed by atoms with Crippen molar-refractivity contribution < 1.29 is 27.9 Å². The minimum absolute atomic E-state index is 0.000661. The molecule has 0 atom stereocenters. The van der Waals surface area contributed by atoms with Gasteiger partial charge in [-0.3, -0.25) is 9.59 Å². The van der Waals surface area contributed by atoms with Gasteiger partial charge in [0.2, 0.25) is 5.91 Å². The lowest BCUT2D eigenvalue weighted by Crippen LogP contribution is -2.16. The van der Waals surface area contributed by atoms with E-state index in [1.807, 2.05) is 6.07 Å². The molecular formula is C25H17ClF2N4O4. The molecule has 3 N–H and O–H groups in total. The van der Waals surface area contributed by atoms with Crippen LogP contribution in [0.4, 0.5) is 14.6 Å². The highest BCUT2D eigenvalue weighted by Crippen LogP contribution is 2.24. The van der Waals surface area contributed by atoms with Gasteiger partial charge in [-0.05, 0) is 42.0 Å². The molecule has 36 heavy (non-hydrogen) atoms. The summed E-state index contributed by atoms with van der Waals surface area (Å²) in [5.41, 5.74) is 6.14. The Hall–Kier alpha value is -4.57. The van der Waals surface area contributed by atoms with Gasteiger partial charge in [0.1, 0.15) is 12.4 Å². The first-order chi connectivity index (χ1) is 17.2. The van der Waals surface area contributed by atoms with E-state index < -0.39 is 29.4 Å². The number of esters is 1. The lowest BCUT2D eigenvalue weighted by Gasteiger charge is -2.10. The first kappa shape index (κ1) is 24.6. The van der Waals surface area contributed by atoms with Crippen LogP contribution in [0.5, 0.6) is 0 Å². The number of ether oxygens (including phenoxy) is 1. The first-order valence-corrected chi connectivity index (χ1v) is 10.8.